The number of nitrogens with zero attached hydrogens (tertiary/aromatic N) is 3. The van der Waals surface area contributed by atoms with Crippen molar-refractivity contribution in [1.29, 1.82) is 0 Å². The Balaban J connectivity index is 1.50. The van der Waals surface area contributed by atoms with Crippen LogP contribution < -0.4 is 19.9 Å². The fourth-order valence-corrected chi connectivity index (χ4v) is 6.45. The lowest BCUT2D eigenvalue weighted by atomic mass is 9.83. The average Bonchev–Trinajstić information content (AvgIpc) is 3.53. The summed E-state index contributed by atoms with van der Waals surface area (Å²) >= 11 is 0. The third-order valence-corrected chi connectivity index (χ3v) is 8.42. The second kappa shape index (κ2) is 10.7. The van der Waals surface area contributed by atoms with Gasteiger partial charge < -0.3 is 10.1 Å². The Morgan fingerprint density at radius 2 is 1.77 bits per heavy atom. The smallest absolute Gasteiger partial charge is 0.252 e. The van der Waals surface area contributed by atoms with Gasteiger partial charge in [0.15, 0.2) is 5.54 Å². The van der Waals surface area contributed by atoms with E-state index >= 15 is 0 Å². The molecule has 0 radical (unpaired) electrons. The van der Waals surface area contributed by atoms with Crippen molar-refractivity contribution in [2.45, 2.75) is 62.1 Å². The van der Waals surface area contributed by atoms with Gasteiger partial charge in [-0.1, -0.05) is 24.3 Å². The first-order chi connectivity index (χ1) is 20.5. The van der Waals surface area contributed by atoms with Gasteiger partial charge in [0.25, 0.3) is 17.7 Å². The fraction of sp³-hybridized carbons (Fsp3) is 0.355. The molecule has 3 amide bonds. The van der Waals surface area contributed by atoms with E-state index in [-0.39, 0.29) is 30.8 Å². The van der Waals surface area contributed by atoms with Crippen LogP contribution in [0.15, 0.2) is 60.8 Å². The number of aromatic nitrogens is 1. The average molecular weight is 597 g/mol. The number of benzene rings is 2. The van der Waals surface area contributed by atoms with Crippen molar-refractivity contribution in [2.24, 2.45) is 0 Å². The van der Waals surface area contributed by atoms with E-state index in [1.807, 2.05) is 0 Å². The third kappa shape index (κ3) is 4.98. The van der Waals surface area contributed by atoms with Crippen LogP contribution >= 0.6 is 0 Å². The summed E-state index contributed by atoms with van der Waals surface area (Å²) in [6.45, 7) is 0. The zero-order valence-corrected chi connectivity index (χ0v) is 23.2. The predicted molar refractivity (Wildman–Crippen MR) is 148 cm³/mol. The van der Waals surface area contributed by atoms with Gasteiger partial charge >= 0.3 is 0 Å². The first-order valence-corrected chi connectivity index (χ1v) is 13.9. The van der Waals surface area contributed by atoms with Gasteiger partial charge in [0.05, 0.1) is 12.8 Å². The zero-order chi connectivity index (χ0) is 30.5. The lowest BCUT2D eigenvalue weighted by molar-refractivity contribution is -0.137. The van der Waals surface area contributed by atoms with Crippen molar-refractivity contribution in [2.75, 3.05) is 16.9 Å². The van der Waals surface area contributed by atoms with Gasteiger partial charge in [-0.05, 0) is 48.6 Å². The lowest BCUT2D eigenvalue weighted by Crippen LogP contribution is -2.64. The highest BCUT2D eigenvalue weighted by Gasteiger charge is 2.57. The van der Waals surface area contributed by atoms with Gasteiger partial charge in [-0.3, -0.25) is 24.2 Å². The molecule has 3 aliphatic rings. The van der Waals surface area contributed by atoms with Crippen LogP contribution in [0.1, 0.15) is 43.2 Å². The minimum Gasteiger partial charge on any atom is -0.497 e. The summed E-state index contributed by atoms with van der Waals surface area (Å²) in [7, 11) is 1.44. The molecule has 43 heavy (non-hydrogen) atoms. The summed E-state index contributed by atoms with van der Waals surface area (Å²) in [5.41, 5.74) is -0.962. The number of ether oxygens (including phenoxy) is 1. The van der Waals surface area contributed by atoms with Crippen LogP contribution in [0.5, 0.6) is 5.75 Å². The van der Waals surface area contributed by atoms with E-state index in [1.54, 1.807) is 30.3 Å². The number of aryl methyl sites for hydroxylation is 1. The molecule has 1 N–H and O–H groups in total. The number of carbonyl (C=O) groups excluding carboxylic acids is 3. The molecule has 1 saturated carbocycles. The molecule has 1 aromatic heterocycles. The normalized spacial score (nSPS) is 22.6. The van der Waals surface area contributed by atoms with Crippen LogP contribution in [0.3, 0.4) is 0 Å². The number of hydrogen-bond acceptors (Lipinski definition) is 5. The number of amides is 3. The summed E-state index contributed by atoms with van der Waals surface area (Å²) in [6, 6.07) is 10.4. The number of pyridine rings is 1. The maximum Gasteiger partial charge on any atom is 0.252 e. The van der Waals surface area contributed by atoms with Crippen molar-refractivity contribution in [3.05, 3.63) is 83.6 Å². The molecule has 2 aromatic carbocycles. The van der Waals surface area contributed by atoms with Gasteiger partial charge in [-0.15, -0.1) is 0 Å². The summed E-state index contributed by atoms with van der Waals surface area (Å²) in [6.07, 6.45) is 0.654. The highest BCUT2D eigenvalue weighted by atomic mass is 19.3. The molecular weight excluding hydrogens is 568 g/mol. The van der Waals surface area contributed by atoms with Crippen LogP contribution in [-0.2, 0) is 26.3 Å². The van der Waals surface area contributed by atoms with Crippen molar-refractivity contribution in [3.63, 3.8) is 0 Å². The molecule has 2 heterocycles. The number of methoxy groups -OCH3 is 1. The van der Waals surface area contributed by atoms with Gasteiger partial charge in [-0.2, -0.15) is 0 Å². The SMILES string of the molecule is COc1ccnc(N2C(=O)CC[C@H]2C(=O)N(c2cc(F)cc(F)c2)[C@@]2(C(=O)NC3CC(F)(F)C3)CCc3ccccc32)c1. The van der Waals surface area contributed by atoms with E-state index in [0.29, 0.717) is 23.8 Å². The van der Waals surface area contributed by atoms with Crippen LogP contribution in [0, 0.1) is 11.6 Å². The van der Waals surface area contributed by atoms with Crippen molar-refractivity contribution >= 4 is 29.2 Å². The number of nitrogens with one attached hydrogen (secondary N) is 1. The van der Waals surface area contributed by atoms with Crippen molar-refractivity contribution < 1.29 is 36.7 Å². The number of halogens is 4. The molecule has 1 saturated heterocycles. The van der Waals surface area contributed by atoms with E-state index in [0.717, 1.165) is 22.6 Å². The first kappa shape index (κ1) is 28.6. The Morgan fingerprint density at radius 3 is 2.47 bits per heavy atom. The standard InChI is InChI=1S/C31H28F4N4O4/c1-43-23-9-11-36-26(15-23)38-25(6-7-27(38)40)28(41)39(22-13-19(32)12-20(33)14-22)31(10-8-18-4-2-3-5-24(18)31)29(42)37-21-16-30(34,35)17-21/h2-5,9,11-15,21,25H,6-8,10,16-17H2,1H3,(H,37,42)/t25-,31-/m0/s1. The zero-order valence-electron chi connectivity index (χ0n) is 23.2. The summed E-state index contributed by atoms with van der Waals surface area (Å²) in [5, 5.41) is 2.68. The van der Waals surface area contributed by atoms with Crippen LogP contribution in [0.25, 0.3) is 0 Å². The maximum absolute atomic E-state index is 14.8. The predicted octanol–water partition coefficient (Wildman–Crippen LogP) is 4.65. The molecule has 2 atom stereocenters. The summed E-state index contributed by atoms with van der Waals surface area (Å²) in [5.74, 6) is -6.30. The minimum atomic E-state index is -2.92. The molecule has 0 bridgehead atoms. The third-order valence-electron chi connectivity index (χ3n) is 8.42. The number of hydrogen-bond donors (Lipinski definition) is 1. The molecule has 6 rings (SSSR count). The molecule has 0 spiro atoms. The van der Waals surface area contributed by atoms with Crippen molar-refractivity contribution in [1.82, 2.24) is 10.3 Å². The summed E-state index contributed by atoms with van der Waals surface area (Å²) < 4.78 is 62.2. The Bertz CT molecular complexity index is 1590. The summed E-state index contributed by atoms with van der Waals surface area (Å²) in [4.78, 5) is 48.7. The largest absolute Gasteiger partial charge is 0.497 e. The van der Waals surface area contributed by atoms with Gasteiger partial charge in [0.2, 0.25) is 5.91 Å². The van der Waals surface area contributed by atoms with Gasteiger partial charge in [-0.25, -0.2) is 22.5 Å². The second-order valence-corrected chi connectivity index (χ2v) is 11.1. The number of alkyl halides is 2. The topological polar surface area (TPSA) is 91.8 Å². The highest BCUT2D eigenvalue weighted by molar-refractivity contribution is 6.12. The monoisotopic (exact) mass is 596 g/mol. The van der Waals surface area contributed by atoms with Crippen LogP contribution in [-0.4, -0.2) is 47.8 Å². The molecule has 2 fully saturated rings. The Hall–Kier alpha value is -4.48. The van der Waals surface area contributed by atoms with E-state index in [4.69, 9.17) is 4.74 Å². The minimum absolute atomic E-state index is 0.0171. The van der Waals surface area contributed by atoms with Gasteiger partial charge in [0, 0.05) is 43.6 Å². The second-order valence-electron chi connectivity index (χ2n) is 11.1. The van der Waals surface area contributed by atoms with Crippen LogP contribution in [0.2, 0.25) is 0 Å². The maximum atomic E-state index is 14.8. The molecule has 3 aromatic rings. The molecule has 1 aliphatic heterocycles. The lowest BCUT2D eigenvalue weighted by Gasteiger charge is -2.45. The quantitative estimate of drug-likeness (QED) is 0.401. The number of fused-ring (bicyclic) bond motifs is 1. The Kier molecular flexibility index (Phi) is 7.10. The highest BCUT2D eigenvalue weighted by Crippen LogP contribution is 2.47. The van der Waals surface area contributed by atoms with Gasteiger partial charge in [0.1, 0.15) is 29.2 Å². The molecule has 0 unspecified atom stereocenters. The molecule has 12 heteroatoms. The Morgan fingerprint density at radius 1 is 1.05 bits per heavy atom. The number of rotatable bonds is 7. The number of carbonyl (C=O) groups is 3. The van der Waals surface area contributed by atoms with E-state index in [9.17, 15) is 31.9 Å². The van der Waals surface area contributed by atoms with E-state index in [2.05, 4.69) is 10.3 Å². The number of anilines is 2. The van der Waals surface area contributed by atoms with E-state index in [1.165, 1.54) is 24.3 Å². The van der Waals surface area contributed by atoms with Crippen molar-refractivity contribution in [3.8, 4) is 5.75 Å². The first-order valence-electron chi connectivity index (χ1n) is 13.9. The van der Waals surface area contributed by atoms with Crippen LogP contribution in [0.4, 0.5) is 29.1 Å². The fourth-order valence-electron chi connectivity index (χ4n) is 6.45. The Labute approximate surface area is 244 Å². The molecule has 2 aliphatic carbocycles. The van der Waals surface area contributed by atoms with E-state index < -0.39 is 65.7 Å². The molecular formula is C31H28F4N4O4. The molecule has 224 valence electrons. The molecule has 8 nitrogen and oxygen atoms in total.